The van der Waals surface area contributed by atoms with Crippen LogP contribution in [0.2, 0.25) is 0 Å². The number of rotatable bonds is 2. The Morgan fingerprint density at radius 3 is 2.82 bits per heavy atom. The van der Waals surface area contributed by atoms with Crippen molar-refractivity contribution in [1.82, 2.24) is 15.2 Å². The van der Waals surface area contributed by atoms with E-state index in [0.717, 1.165) is 4.88 Å². The molecule has 0 aromatic carbocycles. The molecule has 6 heteroatoms. The second kappa shape index (κ2) is 4.10. The molecule has 2 heterocycles. The molecule has 1 N–H and O–H groups in total. The fourth-order valence-corrected chi connectivity index (χ4v) is 2.40. The van der Waals surface area contributed by atoms with E-state index in [-0.39, 0.29) is 11.8 Å². The minimum Gasteiger partial charge on any atom is -0.343 e. The lowest BCUT2D eigenvalue weighted by Gasteiger charge is -2.43. The van der Waals surface area contributed by atoms with Crippen molar-refractivity contribution in [2.75, 3.05) is 0 Å². The maximum absolute atomic E-state index is 12.1. The Balaban J connectivity index is 2.27. The van der Waals surface area contributed by atoms with Crippen LogP contribution in [0.4, 0.5) is 0 Å². The summed E-state index contributed by atoms with van der Waals surface area (Å²) in [4.78, 5) is 30.6. The van der Waals surface area contributed by atoms with Crippen molar-refractivity contribution in [2.24, 2.45) is 0 Å². The summed E-state index contributed by atoms with van der Waals surface area (Å²) in [7, 11) is 0. The van der Waals surface area contributed by atoms with Gasteiger partial charge in [-0.2, -0.15) is 0 Å². The number of hydrogen-bond acceptors (Lipinski definition) is 4. The van der Waals surface area contributed by atoms with Crippen LogP contribution in [0.1, 0.15) is 25.6 Å². The van der Waals surface area contributed by atoms with Gasteiger partial charge < -0.3 is 10.2 Å². The Labute approximate surface area is 104 Å². The highest BCUT2D eigenvalue weighted by atomic mass is 32.1. The normalized spacial score (nSPS) is 23.7. The zero-order valence-electron chi connectivity index (χ0n) is 10.1. The fourth-order valence-electron chi connectivity index (χ4n) is 1.82. The molecule has 0 aliphatic carbocycles. The number of nitrogens with zero attached hydrogens (tertiary/aromatic N) is 2. The summed E-state index contributed by atoms with van der Waals surface area (Å²) in [6.45, 7) is 5.66. The van der Waals surface area contributed by atoms with Gasteiger partial charge in [-0.05, 0) is 20.8 Å². The van der Waals surface area contributed by atoms with Crippen LogP contribution in [0.25, 0.3) is 0 Å². The number of amides is 2. The van der Waals surface area contributed by atoms with E-state index >= 15 is 0 Å². The van der Waals surface area contributed by atoms with Gasteiger partial charge >= 0.3 is 0 Å². The molecule has 17 heavy (non-hydrogen) atoms. The molecule has 0 bridgehead atoms. The second-order valence-corrected chi connectivity index (χ2v) is 5.62. The van der Waals surface area contributed by atoms with Gasteiger partial charge in [0.05, 0.1) is 12.1 Å². The van der Waals surface area contributed by atoms with E-state index in [1.807, 2.05) is 0 Å². The summed E-state index contributed by atoms with van der Waals surface area (Å²) in [5.74, 6) is -0.169. The summed E-state index contributed by atoms with van der Waals surface area (Å²) in [5.41, 5.74) is 0.911. The molecule has 0 spiro atoms. The van der Waals surface area contributed by atoms with Crippen LogP contribution in [0, 0.1) is 0 Å². The van der Waals surface area contributed by atoms with E-state index in [2.05, 4.69) is 10.3 Å². The Morgan fingerprint density at radius 1 is 1.53 bits per heavy atom. The number of thiazole rings is 1. The zero-order chi connectivity index (χ0) is 12.6. The molecule has 5 nitrogen and oxygen atoms in total. The predicted molar refractivity (Wildman–Crippen MR) is 64.3 cm³/mol. The van der Waals surface area contributed by atoms with Crippen molar-refractivity contribution in [2.45, 2.75) is 38.9 Å². The third kappa shape index (κ3) is 2.04. The second-order valence-electron chi connectivity index (χ2n) is 4.65. The first kappa shape index (κ1) is 12.0. The van der Waals surface area contributed by atoms with E-state index in [1.165, 1.54) is 11.3 Å². The van der Waals surface area contributed by atoms with E-state index < -0.39 is 11.6 Å². The maximum atomic E-state index is 12.1. The summed E-state index contributed by atoms with van der Waals surface area (Å²) in [6.07, 6.45) is 1.73. The Hall–Kier alpha value is -1.43. The SMILES string of the molecule is CC1NC(=O)C(C)(C)N(Cc2cncs2)C1=O. The van der Waals surface area contributed by atoms with Gasteiger partial charge in [0.15, 0.2) is 0 Å². The van der Waals surface area contributed by atoms with Crippen LogP contribution in [0.5, 0.6) is 0 Å². The molecule has 2 rings (SSSR count). The van der Waals surface area contributed by atoms with Gasteiger partial charge in [-0.1, -0.05) is 0 Å². The average molecular weight is 253 g/mol. The van der Waals surface area contributed by atoms with Crippen molar-refractivity contribution < 1.29 is 9.59 Å². The van der Waals surface area contributed by atoms with Crippen LogP contribution in [0.3, 0.4) is 0 Å². The Morgan fingerprint density at radius 2 is 2.24 bits per heavy atom. The first-order valence-corrected chi connectivity index (χ1v) is 6.30. The number of piperazine rings is 1. The molecule has 2 amide bonds. The molecule has 0 radical (unpaired) electrons. The molecule has 1 aromatic heterocycles. The first-order chi connectivity index (χ1) is 7.93. The van der Waals surface area contributed by atoms with Crippen LogP contribution in [-0.2, 0) is 16.1 Å². The quantitative estimate of drug-likeness (QED) is 0.846. The van der Waals surface area contributed by atoms with E-state index in [0.29, 0.717) is 6.54 Å². The van der Waals surface area contributed by atoms with Crippen molar-refractivity contribution in [1.29, 1.82) is 0 Å². The van der Waals surface area contributed by atoms with Gasteiger partial charge in [-0.3, -0.25) is 14.6 Å². The summed E-state index contributed by atoms with van der Waals surface area (Å²) in [6, 6.07) is -0.455. The van der Waals surface area contributed by atoms with Crippen LogP contribution < -0.4 is 5.32 Å². The molecule has 1 atom stereocenters. The Kier molecular flexibility index (Phi) is 2.91. The third-order valence-corrected chi connectivity index (χ3v) is 3.78. The zero-order valence-corrected chi connectivity index (χ0v) is 10.9. The molecule has 1 unspecified atom stereocenters. The lowest BCUT2D eigenvalue weighted by molar-refractivity contribution is -0.155. The van der Waals surface area contributed by atoms with Crippen molar-refractivity contribution in [3.63, 3.8) is 0 Å². The number of aromatic nitrogens is 1. The molecular weight excluding hydrogens is 238 g/mol. The summed E-state index contributed by atoms with van der Waals surface area (Å²) >= 11 is 1.49. The molecule has 1 fully saturated rings. The number of carbonyl (C=O) groups excluding carboxylic acids is 2. The van der Waals surface area contributed by atoms with Crippen LogP contribution in [-0.4, -0.2) is 33.3 Å². The highest BCUT2D eigenvalue weighted by Crippen LogP contribution is 2.24. The molecule has 1 aliphatic rings. The first-order valence-electron chi connectivity index (χ1n) is 5.42. The largest absolute Gasteiger partial charge is 0.343 e. The minimum absolute atomic E-state index is 0.0528. The van der Waals surface area contributed by atoms with Crippen molar-refractivity contribution in [3.8, 4) is 0 Å². The van der Waals surface area contributed by atoms with Gasteiger partial charge in [0.1, 0.15) is 11.6 Å². The smallest absolute Gasteiger partial charge is 0.246 e. The molecule has 1 saturated heterocycles. The number of carbonyl (C=O) groups is 2. The Bertz CT molecular complexity index is 442. The van der Waals surface area contributed by atoms with Crippen molar-refractivity contribution >= 4 is 23.2 Å². The summed E-state index contributed by atoms with van der Waals surface area (Å²) < 4.78 is 0. The van der Waals surface area contributed by atoms with Gasteiger partial charge in [0, 0.05) is 11.1 Å². The molecule has 92 valence electrons. The monoisotopic (exact) mass is 253 g/mol. The molecule has 1 aliphatic heterocycles. The fraction of sp³-hybridized carbons (Fsp3) is 0.545. The van der Waals surface area contributed by atoms with Gasteiger partial charge in [-0.25, -0.2) is 0 Å². The topological polar surface area (TPSA) is 62.3 Å². The van der Waals surface area contributed by atoms with E-state index in [4.69, 9.17) is 0 Å². The standard InChI is InChI=1S/C11H15N3O2S/c1-7-9(15)14(5-8-4-12-6-17-8)11(2,3)10(16)13-7/h4,6-7H,5H2,1-3H3,(H,13,16). The van der Waals surface area contributed by atoms with Gasteiger partial charge in [0.25, 0.3) is 0 Å². The van der Waals surface area contributed by atoms with Crippen LogP contribution in [0.15, 0.2) is 11.7 Å². The van der Waals surface area contributed by atoms with Gasteiger partial charge in [-0.15, -0.1) is 11.3 Å². The predicted octanol–water partition coefficient (Wildman–Crippen LogP) is 0.769. The number of hydrogen-bond donors (Lipinski definition) is 1. The molecule has 1 aromatic rings. The average Bonchev–Trinajstić information content (AvgIpc) is 2.75. The minimum atomic E-state index is -0.812. The van der Waals surface area contributed by atoms with E-state index in [1.54, 1.807) is 37.4 Å². The maximum Gasteiger partial charge on any atom is 0.246 e. The van der Waals surface area contributed by atoms with Crippen LogP contribution >= 0.6 is 11.3 Å². The lowest BCUT2D eigenvalue weighted by Crippen LogP contribution is -2.67. The van der Waals surface area contributed by atoms with Gasteiger partial charge in [0.2, 0.25) is 11.8 Å². The highest BCUT2D eigenvalue weighted by Gasteiger charge is 2.44. The molecular formula is C11H15N3O2S. The summed E-state index contributed by atoms with van der Waals surface area (Å²) in [5, 5.41) is 2.69. The van der Waals surface area contributed by atoms with Crippen molar-refractivity contribution in [3.05, 3.63) is 16.6 Å². The van der Waals surface area contributed by atoms with E-state index in [9.17, 15) is 9.59 Å². The lowest BCUT2D eigenvalue weighted by atomic mass is 9.96. The highest BCUT2D eigenvalue weighted by molar-refractivity contribution is 7.09. The third-order valence-electron chi connectivity index (χ3n) is 3.01. The number of nitrogens with one attached hydrogen (secondary N) is 1. The molecule has 0 saturated carbocycles.